The zero-order valence-electron chi connectivity index (χ0n) is 12.7. The number of phenols is 1. The molecule has 1 aromatic rings. The average molecular weight is 311 g/mol. The van der Waals surface area contributed by atoms with Gasteiger partial charge in [-0.3, -0.25) is 0 Å². The highest BCUT2D eigenvalue weighted by atomic mass is 35.5. The summed E-state index contributed by atoms with van der Waals surface area (Å²) < 4.78 is 11.8. The van der Waals surface area contributed by atoms with E-state index in [2.05, 4.69) is 0 Å². The van der Waals surface area contributed by atoms with Crippen molar-refractivity contribution in [1.82, 2.24) is 0 Å². The van der Waals surface area contributed by atoms with Crippen molar-refractivity contribution >= 4 is 24.8 Å². The zero-order valence-corrected chi connectivity index (χ0v) is 13.4. The third-order valence-electron chi connectivity index (χ3n) is 4.07. The molecule has 2 rings (SSSR count). The van der Waals surface area contributed by atoms with E-state index in [9.17, 15) is 10.2 Å². The summed E-state index contributed by atoms with van der Waals surface area (Å²) in [6, 6.07) is 4.73. The molecule has 1 heterocycles. The van der Waals surface area contributed by atoms with Crippen LogP contribution in [0.15, 0.2) is 23.7 Å². The van der Waals surface area contributed by atoms with Gasteiger partial charge in [0.15, 0.2) is 0 Å². The number of hydrogen-bond acceptors (Lipinski definition) is 4. The molecule has 1 saturated heterocycles. The smallest absolute Gasteiger partial charge is 0.492 e. The summed E-state index contributed by atoms with van der Waals surface area (Å²) in [6.45, 7) is 7.54. The first-order chi connectivity index (χ1) is 9.66. The van der Waals surface area contributed by atoms with Crippen molar-refractivity contribution < 1.29 is 19.5 Å². The van der Waals surface area contributed by atoms with Gasteiger partial charge in [0, 0.05) is 10.6 Å². The molecular formula is C15H20BClO4. The Morgan fingerprint density at radius 3 is 2.33 bits per heavy atom. The van der Waals surface area contributed by atoms with Crippen molar-refractivity contribution in [1.29, 1.82) is 0 Å². The van der Waals surface area contributed by atoms with Crippen molar-refractivity contribution in [2.45, 2.75) is 38.9 Å². The van der Waals surface area contributed by atoms with Gasteiger partial charge in [0.2, 0.25) is 0 Å². The maximum absolute atomic E-state index is 9.86. The van der Waals surface area contributed by atoms with Gasteiger partial charge in [0.1, 0.15) is 5.75 Å². The monoisotopic (exact) mass is 310 g/mol. The standard InChI is InChI=1S/C15H20BClO4/c1-14(2)15(3,4)21-16(20-14)11(9-18)7-10-8-12(17)5-6-13(10)19/h5-8,18-19H,9H2,1-4H3. The molecule has 0 spiro atoms. The number of phenolic OH excluding ortho intramolecular Hbond substituents is 1. The van der Waals surface area contributed by atoms with E-state index >= 15 is 0 Å². The quantitative estimate of drug-likeness (QED) is 0.843. The van der Waals surface area contributed by atoms with E-state index in [4.69, 9.17) is 20.9 Å². The highest BCUT2D eigenvalue weighted by Crippen LogP contribution is 2.39. The molecule has 1 aliphatic rings. The molecule has 1 fully saturated rings. The van der Waals surface area contributed by atoms with E-state index in [-0.39, 0.29) is 12.4 Å². The number of aromatic hydroxyl groups is 1. The second-order valence-corrected chi connectivity index (χ2v) is 6.61. The lowest BCUT2D eigenvalue weighted by Gasteiger charge is -2.32. The van der Waals surface area contributed by atoms with E-state index < -0.39 is 18.3 Å². The van der Waals surface area contributed by atoms with Crippen LogP contribution in [0.1, 0.15) is 33.3 Å². The molecule has 0 bridgehead atoms. The fraction of sp³-hybridized carbons (Fsp3) is 0.467. The molecule has 0 aromatic heterocycles. The lowest BCUT2D eigenvalue weighted by molar-refractivity contribution is 0.00578. The highest BCUT2D eigenvalue weighted by molar-refractivity contribution is 6.55. The average Bonchev–Trinajstić information content (AvgIpc) is 2.59. The SMILES string of the molecule is CC1(C)OB(C(=Cc2cc(Cl)ccc2O)CO)OC1(C)C. The number of hydrogen-bond donors (Lipinski definition) is 2. The van der Waals surface area contributed by atoms with Gasteiger partial charge >= 0.3 is 7.12 Å². The van der Waals surface area contributed by atoms with Gasteiger partial charge in [-0.15, -0.1) is 0 Å². The molecule has 114 valence electrons. The van der Waals surface area contributed by atoms with Gasteiger partial charge in [-0.2, -0.15) is 0 Å². The Morgan fingerprint density at radius 1 is 1.24 bits per heavy atom. The minimum Gasteiger partial charge on any atom is -0.507 e. The normalized spacial score (nSPS) is 20.9. The topological polar surface area (TPSA) is 58.9 Å². The number of benzene rings is 1. The molecule has 2 N–H and O–H groups in total. The Bertz CT molecular complexity index is 553. The molecule has 1 aliphatic heterocycles. The fourth-order valence-corrected chi connectivity index (χ4v) is 2.20. The van der Waals surface area contributed by atoms with Crippen LogP contribution in [-0.2, 0) is 9.31 Å². The summed E-state index contributed by atoms with van der Waals surface area (Å²) in [7, 11) is -0.654. The summed E-state index contributed by atoms with van der Waals surface area (Å²) in [4.78, 5) is 0. The summed E-state index contributed by atoms with van der Waals surface area (Å²) >= 11 is 5.93. The first-order valence-corrected chi connectivity index (χ1v) is 7.19. The van der Waals surface area contributed by atoms with E-state index in [1.807, 2.05) is 27.7 Å². The highest BCUT2D eigenvalue weighted by Gasteiger charge is 2.52. The van der Waals surface area contributed by atoms with Crippen LogP contribution in [0, 0.1) is 0 Å². The fourth-order valence-electron chi connectivity index (χ4n) is 2.02. The molecule has 0 amide bonds. The van der Waals surface area contributed by atoms with Crippen molar-refractivity contribution in [3.8, 4) is 5.75 Å². The van der Waals surface area contributed by atoms with Gasteiger partial charge in [0.05, 0.1) is 17.8 Å². The van der Waals surface area contributed by atoms with Gasteiger partial charge in [0.25, 0.3) is 0 Å². The Kier molecular flexibility index (Phi) is 4.40. The second-order valence-electron chi connectivity index (χ2n) is 6.17. The predicted molar refractivity (Wildman–Crippen MR) is 84.3 cm³/mol. The van der Waals surface area contributed by atoms with E-state index in [0.29, 0.717) is 16.1 Å². The van der Waals surface area contributed by atoms with Crippen LogP contribution in [0.25, 0.3) is 6.08 Å². The minimum absolute atomic E-state index is 0.0851. The molecule has 0 unspecified atom stereocenters. The Labute approximate surface area is 130 Å². The van der Waals surface area contributed by atoms with Crippen molar-refractivity contribution in [3.63, 3.8) is 0 Å². The summed E-state index contributed by atoms with van der Waals surface area (Å²) in [5.74, 6) is 0.0851. The minimum atomic E-state index is -0.654. The van der Waals surface area contributed by atoms with Crippen LogP contribution in [0.4, 0.5) is 0 Å². The number of rotatable bonds is 3. The van der Waals surface area contributed by atoms with Crippen LogP contribution in [0.5, 0.6) is 5.75 Å². The van der Waals surface area contributed by atoms with Crippen LogP contribution >= 0.6 is 11.6 Å². The largest absolute Gasteiger partial charge is 0.507 e. The van der Waals surface area contributed by atoms with Crippen LogP contribution < -0.4 is 0 Å². The molecular weight excluding hydrogens is 290 g/mol. The van der Waals surface area contributed by atoms with E-state index in [1.54, 1.807) is 18.2 Å². The zero-order chi connectivity index (χ0) is 15.8. The lowest BCUT2D eigenvalue weighted by Crippen LogP contribution is -2.41. The maximum Gasteiger partial charge on any atom is 0.492 e. The van der Waals surface area contributed by atoms with Gasteiger partial charge in [-0.25, -0.2) is 0 Å². The number of aliphatic hydroxyl groups is 1. The molecule has 1 aromatic carbocycles. The second kappa shape index (κ2) is 5.65. The Balaban J connectivity index is 2.33. The van der Waals surface area contributed by atoms with Crippen LogP contribution in [0.2, 0.25) is 5.02 Å². The van der Waals surface area contributed by atoms with Gasteiger partial charge < -0.3 is 19.5 Å². The maximum atomic E-state index is 9.86. The molecule has 0 saturated carbocycles. The van der Waals surface area contributed by atoms with Crippen molar-refractivity contribution in [3.05, 3.63) is 34.3 Å². The number of aliphatic hydroxyl groups excluding tert-OH is 1. The van der Waals surface area contributed by atoms with Crippen LogP contribution in [-0.4, -0.2) is 35.1 Å². The number of halogens is 1. The van der Waals surface area contributed by atoms with Gasteiger partial charge in [-0.05, 0) is 51.4 Å². The first-order valence-electron chi connectivity index (χ1n) is 6.82. The summed E-state index contributed by atoms with van der Waals surface area (Å²) in [6.07, 6.45) is 1.64. The third-order valence-corrected chi connectivity index (χ3v) is 4.30. The predicted octanol–water partition coefficient (Wildman–Crippen LogP) is 3.05. The molecule has 21 heavy (non-hydrogen) atoms. The molecule has 0 radical (unpaired) electrons. The summed E-state index contributed by atoms with van der Waals surface area (Å²) in [5.41, 5.74) is 0.0809. The third kappa shape index (κ3) is 3.26. The van der Waals surface area contributed by atoms with Crippen LogP contribution in [0.3, 0.4) is 0 Å². The Morgan fingerprint density at radius 2 is 1.81 bits per heavy atom. The van der Waals surface area contributed by atoms with E-state index in [0.717, 1.165) is 0 Å². The molecule has 0 atom stereocenters. The van der Waals surface area contributed by atoms with Crippen molar-refractivity contribution in [2.75, 3.05) is 6.61 Å². The molecule has 6 heteroatoms. The Hall–Kier alpha value is -1.01. The molecule has 4 nitrogen and oxygen atoms in total. The first kappa shape index (κ1) is 16.4. The van der Waals surface area contributed by atoms with E-state index in [1.165, 1.54) is 6.07 Å². The molecule has 0 aliphatic carbocycles. The lowest BCUT2D eigenvalue weighted by atomic mass is 9.77. The summed E-state index contributed by atoms with van der Waals surface area (Å²) in [5, 5.41) is 20.0. The van der Waals surface area contributed by atoms with Gasteiger partial charge in [-0.1, -0.05) is 17.7 Å². The van der Waals surface area contributed by atoms with Crippen molar-refractivity contribution in [2.24, 2.45) is 0 Å².